The number of phenols is 2. The third kappa shape index (κ3) is 3.03. The topological polar surface area (TPSA) is 134 Å². The van der Waals surface area contributed by atoms with Gasteiger partial charge in [0.15, 0.2) is 5.75 Å². The Kier molecular flexibility index (Phi) is 3.66. The fourth-order valence-electron chi connectivity index (χ4n) is 2.22. The summed E-state index contributed by atoms with van der Waals surface area (Å²) in [6.45, 7) is 0. The summed E-state index contributed by atoms with van der Waals surface area (Å²) in [5.74, 6) is -0.979. The first-order valence-electron chi connectivity index (χ1n) is 6.49. The van der Waals surface area contributed by atoms with E-state index in [2.05, 4.69) is 4.18 Å². The Morgan fingerprint density at radius 1 is 1.00 bits per heavy atom. The van der Waals surface area contributed by atoms with Gasteiger partial charge < -0.3 is 18.8 Å². The molecule has 3 aromatic rings. The van der Waals surface area contributed by atoms with Gasteiger partial charge in [0.05, 0.1) is 5.56 Å². The van der Waals surface area contributed by atoms with Crippen LogP contribution in [0.3, 0.4) is 0 Å². The summed E-state index contributed by atoms with van der Waals surface area (Å²) in [4.78, 5) is 12.7. The second-order valence-electron chi connectivity index (χ2n) is 4.85. The van der Waals surface area contributed by atoms with Crippen LogP contribution < -0.4 is 9.61 Å². The number of fused-ring (bicyclic) bond motifs is 1. The molecule has 1 heterocycles. The predicted octanol–water partition coefficient (Wildman–Crippen LogP) is 2.05. The molecule has 2 aromatic carbocycles. The van der Waals surface area contributed by atoms with Crippen molar-refractivity contribution in [3.05, 3.63) is 52.9 Å². The molecular weight excluding hydrogens is 340 g/mol. The van der Waals surface area contributed by atoms with Gasteiger partial charge in [0.25, 0.3) is 0 Å². The van der Waals surface area contributed by atoms with Gasteiger partial charge in [0.2, 0.25) is 5.43 Å². The smallest absolute Gasteiger partial charge is 0.446 e. The number of rotatable bonds is 3. The minimum absolute atomic E-state index is 0.00393. The highest BCUT2D eigenvalue weighted by atomic mass is 32.3. The number of phenolic OH excluding ortho intramolecular Hbond substituents is 2. The van der Waals surface area contributed by atoms with Crippen LogP contribution in [0.25, 0.3) is 22.1 Å². The lowest BCUT2D eigenvalue weighted by molar-refractivity contribution is 0.386. The van der Waals surface area contributed by atoms with Gasteiger partial charge in [-0.15, -0.1) is 0 Å². The van der Waals surface area contributed by atoms with Crippen molar-refractivity contribution in [2.45, 2.75) is 0 Å². The molecular formula is C15H10O8S. The summed E-state index contributed by atoms with van der Waals surface area (Å²) in [6, 6.07) is 7.65. The summed E-state index contributed by atoms with van der Waals surface area (Å²) in [5, 5.41) is 18.6. The largest absolute Gasteiger partial charge is 0.508 e. The summed E-state index contributed by atoms with van der Waals surface area (Å²) < 4.78 is 40.4. The summed E-state index contributed by atoms with van der Waals surface area (Å²) in [5.41, 5.74) is -0.274. The Morgan fingerprint density at radius 2 is 1.67 bits per heavy atom. The van der Waals surface area contributed by atoms with Crippen LogP contribution in [0.5, 0.6) is 17.2 Å². The molecule has 0 aliphatic carbocycles. The minimum Gasteiger partial charge on any atom is -0.508 e. The number of aromatic hydroxyl groups is 2. The molecule has 8 nitrogen and oxygen atoms in total. The van der Waals surface area contributed by atoms with Crippen molar-refractivity contribution in [2.75, 3.05) is 0 Å². The molecule has 3 rings (SSSR count). The Bertz CT molecular complexity index is 1080. The average Bonchev–Trinajstić information content (AvgIpc) is 2.46. The maximum Gasteiger partial charge on any atom is 0.446 e. The number of hydrogen-bond donors (Lipinski definition) is 3. The maximum atomic E-state index is 12.7. The van der Waals surface area contributed by atoms with E-state index in [-0.39, 0.29) is 22.3 Å². The van der Waals surface area contributed by atoms with Crippen molar-refractivity contribution in [3.63, 3.8) is 0 Å². The van der Waals surface area contributed by atoms with Crippen molar-refractivity contribution in [1.82, 2.24) is 0 Å². The molecule has 0 atom stereocenters. The van der Waals surface area contributed by atoms with Crippen LogP contribution in [-0.2, 0) is 10.4 Å². The fraction of sp³-hybridized carbons (Fsp3) is 0. The molecule has 0 unspecified atom stereocenters. The molecule has 0 bridgehead atoms. The third-order valence-corrected chi connectivity index (χ3v) is 3.59. The molecule has 1 aromatic heterocycles. The van der Waals surface area contributed by atoms with Crippen LogP contribution in [0, 0.1) is 0 Å². The molecule has 0 spiro atoms. The Balaban J connectivity index is 2.31. The second kappa shape index (κ2) is 5.55. The molecule has 24 heavy (non-hydrogen) atoms. The van der Waals surface area contributed by atoms with E-state index in [1.807, 2.05) is 0 Å². The molecule has 0 saturated heterocycles. The first-order chi connectivity index (χ1) is 11.2. The van der Waals surface area contributed by atoms with Crippen LogP contribution >= 0.6 is 0 Å². The summed E-state index contributed by atoms with van der Waals surface area (Å²) in [6.07, 6.45) is 1.13. The molecule has 0 aliphatic rings. The van der Waals surface area contributed by atoms with Crippen LogP contribution in [-0.4, -0.2) is 23.2 Å². The van der Waals surface area contributed by atoms with Gasteiger partial charge in [-0.3, -0.25) is 9.35 Å². The fourth-order valence-corrected chi connectivity index (χ4v) is 2.58. The molecule has 0 amide bonds. The first kappa shape index (κ1) is 15.8. The third-order valence-electron chi connectivity index (χ3n) is 3.20. The van der Waals surface area contributed by atoms with Crippen LogP contribution in [0.15, 0.2) is 51.9 Å². The predicted molar refractivity (Wildman–Crippen MR) is 83.4 cm³/mol. The lowest BCUT2D eigenvalue weighted by Gasteiger charge is -2.08. The van der Waals surface area contributed by atoms with Gasteiger partial charge in [0.1, 0.15) is 28.7 Å². The van der Waals surface area contributed by atoms with Crippen molar-refractivity contribution in [1.29, 1.82) is 0 Å². The second-order valence-corrected chi connectivity index (χ2v) is 5.88. The van der Waals surface area contributed by atoms with Crippen LogP contribution in [0.2, 0.25) is 0 Å². The van der Waals surface area contributed by atoms with Crippen molar-refractivity contribution >= 4 is 21.4 Å². The summed E-state index contributed by atoms with van der Waals surface area (Å²) >= 11 is 0. The molecule has 9 heteroatoms. The highest BCUT2D eigenvalue weighted by Gasteiger charge is 2.18. The van der Waals surface area contributed by atoms with Gasteiger partial charge in [-0.2, -0.15) is 8.42 Å². The number of hydrogen-bond acceptors (Lipinski definition) is 7. The monoisotopic (exact) mass is 350 g/mol. The zero-order valence-electron chi connectivity index (χ0n) is 11.8. The SMILES string of the molecule is O=c1c(-c2ccc(O)cc2)coc2cc(O)cc(OS(=O)(=O)O)c12. The van der Waals surface area contributed by atoms with E-state index in [0.29, 0.717) is 5.56 Å². The summed E-state index contributed by atoms with van der Waals surface area (Å²) in [7, 11) is -4.91. The van der Waals surface area contributed by atoms with E-state index in [0.717, 1.165) is 18.4 Å². The van der Waals surface area contributed by atoms with E-state index in [4.69, 9.17) is 8.97 Å². The van der Waals surface area contributed by atoms with Gasteiger partial charge in [-0.25, -0.2) is 0 Å². The van der Waals surface area contributed by atoms with Crippen LogP contribution in [0.1, 0.15) is 0 Å². The van der Waals surface area contributed by atoms with Gasteiger partial charge in [0, 0.05) is 12.1 Å². The Labute approximate surface area is 135 Å². The van der Waals surface area contributed by atoms with Crippen molar-refractivity contribution in [3.8, 4) is 28.4 Å². The standard InChI is InChI=1S/C15H10O8S/c16-9-3-1-8(2-4-9)11-7-22-12-5-10(17)6-13(14(12)15(11)18)23-24(19,20)21/h1-7,16-17H,(H,19,20,21). The normalized spacial score (nSPS) is 11.5. The van der Waals surface area contributed by atoms with Crippen molar-refractivity contribution < 1.29 is 31.8 Å². The minimum atomic E-state index is -4.91. The molecule has 0 fully saturated rings. The van der Waals surface area contributed by atoms with E-state index in [1.54, 1.807) is 0 Å². The Morgan fingerprint density at radius 3 is 2.29 bits per heavy atom. The maximum absolute atomic E-state index is 12.7. The zero-order valence-corrected chi connectivity index (χ0v) is 12.6. The van der Waals surface area contributed by atoms with Crippen molar-refractivity contribution in [2.24, 2.45) is 0 Å². The highest BCUT2D eigenvalue weighted by Crippen LogP contribution is 2.31. The number of benzene rings is 2. The van der Waals surface area contributed by atoms with Gasteiger partial charge >= 0.3 is 10.4 Å². The Hall–Kier alpha value is -3.04. The van der Waals surface area contributed by atoms with Gasteiger partial charge in [-0.05, 0) is 17.7 Å². The molecule has 124 valence electrons. The lowest BCUT2D eigenvalue weighted by Crippen LogP contribution is -2.11. The highest BCUT2D eigenvalue weighted by molar-refractivity contribution is 7.81. The van der Waals surface area contributed by atoms with Gasteiger partial charge in [-0.1, -0.05) is 12.1 Å². The molecule has 3 N–H and O–H groups in total. The molecule has 0 aliphatic heterocycles. The zero-order chi connectivity index (χ0) is 17.5. The molecule has 0 saturated carbocycles. The quantitative estimate of drug-likeness (QED) is 0.611. The first-order valence-corrected chi connectivity index (χ1v) is 7.86. The van der Waals surface area contributed by atoms with E-state index >= 15 is 0 Å². The van der Waals surface area contributed by atoms with E-state index in [9.17, 15) is 23.4 Å². The van der Waals surface area contributed by atoms with E-state index in [1.165, 1.54) is 24.3 Å². The lowest BCUT2D eigenvalue weighted by atomic mass is 10.0. The average molecular weight is 350 g/mol. The van der Waals surface area contributed by atoms with E-state index < -0.39 is 27.3 Å². The van der Waals surface area contributed by atoms with Crippen LogP contribution in [0.4, 0.5) is 0 Å². The molecule has 0 radical (unpaired) electrons.